The highest BCUT2D eigenvalue weighted by Gasteiger charge is 2.22. The Hall–Kier alpha value is -4.04. The van der Waals surface area contributed by atoms with Crippen LogP contribution in [-0.4, -0.2) is 0 Å². The zero-order valence-corrected chi connectivity index (χ0v) is 15.9. The summed E-state index contributed by atoms with van der Waals surface area (Å²) in [5.74, 6) is 0. The fourth-order valence-corrected chi connectivity index (χ4v) is 5.25. The smallest absolute Gasteiger partial charge is 0.194 e. The van der Waals surface area contributed by atoms with E-state index in [9.17, 15) is 9.59 Å². The van der Waals surface area contributed by atoms with E-state index >= 15 is 0 Å². The van der Waals surface area contributed by atoms with E-state index < -0.39 is 0 Å². The van der Waals surface area contributed by atoms with Crippen LogP contribution in [0.4, 0.5) is 0 Å². The zero-order chi connectivity index (χ0) is 20.0. The van der Waals surface area contributed by atoms with Gasteiger partial charge in [0.1, 0.15) is 0 Å². The molecule has 0 atom stereocenters. The Morgan fingerprint density at radius 1 is 0.367 bits per heavy atom. The molecule has 0 N–H and O–H groups in total. The van der Waals surface area contributed by atoms with E-state index in [4.69, 9.17) is 0 Å². The number of hydrogen-bond acceptors (Lipinski definition) is 2. The van der Waals surface area contributed by atoms with Gasteiger partial charge in [-0.15, -0.1) is 0 Å². The fraction of sp³-hybridized carbons (Fsp3) is 0. The molecular weight excluding hydrogens is 368 g/mol. The number of benzene rings is 5. The monoisotopic (exact) mass is 382 g/mol. The maximum atomic E-state index is 13.6. The molecule has 7 aromatic carbocycles. The molecule has 138 valence electrons. The minimum atomic E-state index is 0.00689. The topological polar surface area (TPSA) is 34.1 Å². The molecule has 0 aliphatic heterocycles. The van der Waals surface area contributed by atoms with Crippen molar-refractivity contribution in [2.75, 3.05) is 0 Å². The average molecular weight is 382 g/mol. The van der Waals surface area contributed by atoms with Crippen molar-refractivity contribution in [2.24, 2.45) is 0 Å². The van der Waals surface area contributed by atoms with E-state index in [1.807, 2.05) is 60.7 Å². The van der Waals surface area contributed by atoms with Crippen molar-refractivity contribution in [3.63, 3.8) is 0 Å². The molecule has 0 aliphatic carbocycles. The highest BCUT2D eigenvalue weighted by Crippen LogP contribution is 2.41. The zero-order valence-electron chi connectivity index (χ0n) is 15.9. The molecule has 2 nitrogen and oxygen atoms in total. The van der Waals surface area contributed by atoms with Gasteiger partial charge in [-0.25, -0.2) is 0 Å². The standard InChI is InChI=1S/C28H14O2/c29-27-20-12-6-4-10-18(20)24-25(27)22-14-16-8-2-1-7-15(16)13-21(22)23-17-9-3-5-11-19(17)28(30)26(23)24/h1-14H. The van der Waals surface area contributed by atoms with Crippen molar-refractivity contribution in [1.29, 1.82) is 0 Å². The maximum absolute atomic E-state index is 13.6. The van der Waals surface area contributed by atoms with Crippen LogP contribution in [-0.2, 0) is 0 Å². The van der Waals surface area contributed by atoms with Gasteiger partial charge in [-0.2, -0.15) is 0 Å². The first-order chi connectivity index (χ1) is 14.7. The molecule has 0 aliphatic rings. The van der Waals surface area contributed by atoms with Gasteiger partial charge in [-0.3, -0.25) is 9.59 Å². The van der Waals surface area contributed by atoms with E-state index in [-0.39, 0.29) is 10.9 Å². The van der Waals surface area contributed by atoms with Crippen molar-refractivity contribution in [1.82, 2.24) is 0 Å². The van der Waals surface area contributed by atoms with Crippen LogP contribution in [0.25, 0.3) is 64.6 Å². The van der Waals surface area contributed by atoms with Crippen LogP contribution in [0, 0.1) is 0 Å². The van der Waals surface area contributed by atoms with Crippen LogP contribution >= 0.6 is 0 Å². The molecule has 0 spiro atoms. The first-order valence-electron chi connectivity index (χ1n) is 10.0. The van der Waals surface area contributed by atoms with E-state index in [0.717, 1.165) is 43.1 Å². The average Bonchev–Trinajstić information content (AvgIpc) is 3.25. The summed E-state index contributed by atoms with van der Waals surface area (Å²) in [6.07, 6.45) is 0. The fourth-order valence-electron chi connectivity index (χ4n) is 5.25. The van der Waals surface area contributed by atoms with Crippen molar-refractivity contribution in [2.45, 2.75) is 0 Å². The van der Waals surface area contributed by atoms with Gasteiger partial charge in [0, 0.05) is 32.3 Å². The Morgan fingerprint density at radius 3 is 1.40 bits per heavy atom. The predicted octanol–water partition coefficient (Wildman–Crippen LogP) is 6.20. The third-order valence-electron chi connectivity index (χ3n) is 6.51. The first kappa shape index (κ1) is 15.8. The summed E-state index contributed by atoms with van der Waals surface area (Å²) in [5, 5.41) is 10.4. The predicted molar refractivity (Wildman–Crippen MR) is 126 cm³/mol. The molecule has 0 saturated heterocycles. The Labute approximate surface area is 170 Å². The Morgan fingerprint density at radius 2 is 0.800 bits per heavy atom. The van der Waals surface area contributed by atoms with Crippen molar-refractivity contribution >= 4 is 64.6 Å². The highest BCUT2D eigenvalue weighted by molar-refractivity contribution is 6.39. The summed E-state index contributed by atoms with van der Waals surface area (Å²) >= 11 is 0. The second-order valence-electron chi connectivity index (χ2n) is 7.99. The van der Waals surface area contributed by atoms with Crippen LogP contribution in [0.5, 0.6) is 0 Å². The van der Waals surface area contributed by atoms with Crippen LogP contribution in [0.2, 0.25) is 0 Å². The van der Waals surface area contributed by atoms with Crippen molar-refractivity contribution < 1.29 is 0 Å². The van der Waals surface area contributed by atoms with Crippen LogP contribution in [0.15, 0.2) is 94.5 Å². The SMILES string of the molecule is O=c1c2ccccc2c2c1c1cc3ccccc3cc1c1c3ccccc3c(=O)c12. The summed E-state index contributed by atoms with van der Waals surface area (Å²) in [5.41, 5.74) is 0.0175. The van der Waals surface area contributed by atoms with E-state index in [0.29, 0.717) is 21.5 Å². The van der Waals surface area contributed by atoms with Crippen molar-refractivity contribution in [3.8, 4) is 0 Å². The lowest BCUT2D eigenvalue weighted by atomic mass is 9.95. The van der Waals surface area contributed by atoms with Gasteiger partial charge >= 0.3 is 0 Å². The Bertz CT molecular complexity index is 1930. The highest BCUT2D eigenvalue weighted by atomic mass is 16.1. The van der Waals surface area contributed by atoms with Crippen LogP contribution in [0.3, 0.4) is 0 Å². The number of rotatable bonds is 0. The first-order valence-corrected chi connectivity index (χ1v) is 10.0. The molecule has 0 radical (unpaired) electrons. The molecule has 0 bridgehead atoms. The van der Waals surface area contributed by atoms with E-state index in [2.05, 4.69) is 24.3 Å². The van der Waals surface area contributed by atoms with Crippen LogP contribution < -0.4 is 10.9 Å². The van der Waals surface area contributed by atoms with Crippen LogP contribution in [0.1, 0.15) is 0 Å². The second-order valence-corrected chi connectivity index (χ2v) is 7.99. The third-order valence-corrected chi connectivity index (χ3v) is 6.51. The molecule has 0 heterocycles. The van der Waals surface area contributed by atoms with Gasteiger partial charge in [0.05, 0.1) is 0 Å². The number of hydrogen-bond donors (Lipinski definition) is 0. The minimum Gasteiger partial charge on any atom is -0.289 e. The largest absolute Gasteiger partial charge is 0.289 e. The molecule has 7 rings (SSSR count). The minimum absolute atomic E-state index is 0.00689. The van der Waals surface area contributed by atoms with Gasteiger partial charge in [0.2, 0.25) is 0 Å². The van der Waals surface area contributed by atoms with Gasteiger partial charge in [-0.1, -0.05) is 72.8 Å². The summed E-state index contributed by atoms with van der Waals surface area (Å²) in [6.45, 7) is 0. The molecule has 2 heteroatoms. The van der Waals surface area contributed by atoms with Gasteiger partial charge in [0.15, 0.2) is 10.9 Å². The molecule has 0 aromatic heterocycles. The second kappa shape index (κ2) is 5.31. The van der Waals surface area contributed by atoms with E-state index in [1.165, 1.54) is 0 Å². The summed E-state index contributed by atoms with van der Waals surface area (Å²) in [4.78, 5) is 27.1. The lowest BCUT2D eigenvalue weighted by Gasteiger charge is -2.07. The summed E-state index contributed by atoms with van der Waals surface area (Å²) < 4.78 is 0. The normalized spacial score (nSPS) is 12.3. The lowest BCUT2D eigenvalue weighted by Crippen LogP contribution is -1.97. The Kier molecular flexibility index (Phi) is 2.80. The lowest BCUT2D eigenvalue weighted by molar-refractivity contribution is 1.80. The molecular formula is C28H14O2. The van der Waals surface area contributed by atoms with Crippen molar-refractivity contribution in [3.05, 3.63) is 105 Å². The third kappa shape index (κ3) is 1.75. The summed E-state index contributed by atoms with van der Waals surface area (Å²) in [6, 6.07) is 27.8. The maximum Gasteiger partial charge on any atom is 0.194 e. The number of fused-ring (bicyclic) bond motifs is 11. The van der Waals surface area contributed by atoms with Gasteiger partial charge in [0.25, 0.3) is 0 Å². The summed E-state index contributed by atoms with van der Waals surface area (Å²) in [7, 11) is 0. The molecule has 7 aromatic rings. The Balaban J connectivity index is 1.98. The molecule has 0 unspecified atom stereocenters. The molecule has 0 fully saturated rings. The quantitative estimate of drug-likeness (QED) is 0.293. The molecule has 0 amide bonds. The van der Waals surface area contributed by atoms with Gasteiger partial charge < -0.3 is 0 Å². The molecule has 0 saturated carbocycles. The molecule has 30 heavy (non-hydrogen) atoms. The van der Waals surface area contributed by atoms with E-state index in [1.54, 1.807) is 0 Å². The van der Waals surface area contributed by atoms with Gasteiger partial charge in [-0.05, 0) is 44.5 Å².